The number of hydrogen-bond donors (Lipinski definition) is 4. The number of nitrogens with one attached hydrogen (secondary N) is 2. The van der Waals surface area contributed by atoms with E-state index in [9.17, 15) is 19.5 Å². The van der Waals surface area contributed by atoms with Gasteiger partial charge in [0.15, 0.2) is 6.10 Å². The van der Waals surface area contributed by atoms with Crippen LogP contribution in [0.2, 0.25) is 0 Å². The Labute approximate surface area is 186 Å². The van der Waals surface area contributed by atoms with Crippen molar-refractivity contribution < 1.29 is 29.3 Å². The highest BCUT2D eigenvalue weighted by Crippen LogP contribution is 2.44. The van der Waals surface area contributed by atoms with Crippen molar-refractivity contribution in [2.24, 2.45) is 5.92 Å². The summed E-state index contributed by atoms with van der Waals surface area (Å²) in [4.78, 5) is 34.7. The molecule has 2 aromatic rings. The third-order valence-corrected chi connectivity index (χ3v) is 5.64. The number of carbonyl (C=O) groups excluding carboxylic acids is 2. The molecule has 2 aromatic carbocycles. The van der Waals surface area contributed by atoms with Gasteiger partial charge in [-0.15, -0.1) is 0 Å². The van der Waals surface area contributed by atoms with Crippen LogP contribution in [0.25, 0.3) is 11.1 Å². The molecule has 0 saturated heterocycles. The Bertz CT molecular complexity index is 931. The molecule has 0 radical (unpaired) electrons. The zero-order chi connectivity index (χ0) is 23.1. The molecule has 0 fully saturated rings. The van der Waals surface area contributed by atoms with E-state index in [2.05, 4.69) is 34.9 Å². The molecule has 32 heavy (non-hydrogen) atoms. The highest BCUT2D eigenvalue weighted by Gasteiger charge is 2.29. The normalized spacial score (nSPS) is 14.1. The number of carbonyl (C=O) groups is 3. The van der Waals surface area contributed by atoms with Gasteiger partial charge in [0.2, 0.25) is 5.91 Å². The first kappa shape index (κ1) is 23.3. The van der Waals surface area contributed by atoms with Crippen LogP contribution in [0.1, 0.15) is 36.8 Å². The van der Waals surface area contributed by atoms with E-state index >= 15 is 0 Å². The van der Waals surface area contributed by atoms with Gasteiger partial charge in [-0.05, 0) is 28.7 Å². The maximum Gasteiger partial charge on any atom is 0.407 e. The molecule has 0 saturated carbocycles. The van der Waals surface area contributed by atoms with Crippen molar-refractivity contribution in [2.45, 2.75) is 31.8 Å². The first-order chi connectivity index (χ1) is 15.4. The van der Waals surface area contributed by atoms with Crippen LogP contribution in [-0.2, 0) is 14.3 Å². The van der Waals surface area contributed by atoms with E-state index in [4.69, 9.17) is 9.84 Å². The first-order valence-corrected chi connectivity index (χ1v) is 10.7. The van der Waals surface area contributed by atoms with Crippen LogP contribution < -0.4 is 10.6 Å². The first-order valence-electron chi connectivity index (χ1n) is 10.7. The minimum absolute atomic E-state index is 0.0148. The maximum absolute atomic E-state index is 12.2. The molecular formula is C24H28N2O6. The van der Waals surface area contributed by atoms with Gasteiger partial charge in [0.05, 0.1) is 0 Å². The Kier molecular flexibility index (Phi) is 7.83. The lowest BCUT2D eigenvalue weighted by Crippen LogP contribution is -2.35. The van der Waals surface area contributed by atoms with Gasteiger partial charge < -0.3 is 25.6 Å². The van der Waals surface area contributed by atoms with Gasteiger partial charge >= 0.3 is 12.1 Å². The Morgan fingerprint density at radius 1 is 0.938 bits per heavy atom. The second-order valence-electron chi connectivity index (χ2n) is 7.88. The van der Waals surface area contributed by atoms with E-state index < -0.39 is 18.2 Å². The molecule has 1 aliphatic carbocycles. The van der Waals surface area contributed by atoms with Crippen molar-refractivity contribution in [1.29, 1.82) is 0 Å². The molecular weight excluding hydrogens is 412 g/mol. The van der Waals surface area contributed by atoms with Gasteiger partial charge in [-0.1, -0.05) is 55.5 Å². The second-order valence-corrected chi connectivity index (χ2v) is 7.88. The number of aliphatic hydroxyl groups excluding tert-OH is 1. The van der Waals surface area contributed by atoms with Crippen molar-refractivity contribution in [2.75, 3.05) is 19.7 Å². The summed E-state index contributed by atoms with van der Waals surface area (Å²) in [6.07, 6.45) is -1.70. The second kappa shape index (κ2) is 10.8. The van der Waals surface area contributed by atoms with Gasteiger partial charge in [0, 0.05) is 31.3 Å². The predicted molar refractivity (Wildman–Crippen MR) is 118 cm³/mol. The Morgan fingerprint density at radius 2 is 1.50 bits per heavy atom. The fourth-order valence-corrected chi connectivity index (χ4v) is 3.80. The molecule has 2 unspecified atom stereocenters. The molecule has 4 N–H and O–H groups in total. The van der Waals surface area contributed by atoms with Crippen molar-refractivity contribution in [1.82, 2.24) is 10.6 Å². The molecule has 3 rings (SSSR count). The Morgan fingerprint density at radius 3 is 2.09 bits per heavy atom. The smallest absolute Gasteiger partial charge is 0.407 e. The summed E-state index contributed by atoms with van der Waals surface area (Å²) in [5, 5.41) is 23.1. The van der Waals surface area contributed by atoms with Crippen LogP contribution in [0, 0.1) is 5.92 Å². The quantitative estimate of drug-likeness (QED) is 0.450. The molecule has 1 aliphatic rings. The van der Waals surface area contributed by atoms with E-state index in [1.54, 1.807) is 6.92 Å². The Hall–Kier alpha value is -3.39. The number of carboxylic acids is 1. The van der Waals surface area contributed by atoms with Crippen LogP contribution >= 0.6 is 0 Å². The van der Waals surface area contributed by atoms with Crippen LogP contribution in [0.3, 0.4) is 0 Å². The summed E-state index contributed by atoms with van der Waals surface area (Å²) in [5.41, 5.74) is 4.60. The molecule has 0 bridgehead atoms. The number of fused-ring (bicyclic) bond motifs is 3. The van der Waals surface area contributed by atoms with Gasteiger partial charge in [-0.3, -0.25) is 4.79 Å². The molecule has 2 atom stereocenters. The van der Waals surface area contributed by atoms with Gasteiger partial charge in [0.1, 0.15) is 6.61 Å². The Balaban J connectivity index is 1.40. The van der Waals surface area contributed by atoms with Gasteiger partial charge in [-0.2, -0.15) is 0 Å². The monoisotopic (exact) mass is 440 g/mol. The molecule has 0 aliphatic heterocycles. The van der Waals surface area contributed by atoms with Crippen molar-refractivity contribution in [3.05, 3.63) is 59.7 Å². The topological polar surface area (TPSA) is 125 Å². The SMILES string of the molecule is CC(CCNC(=O)OCC1c2ccccc2-c2ccccc21)C(=O)NCCC(O)C(=O)O. The summed E-state index contributed by atoms with van der Waals surface area (Å²) in [5.74, 6) is -1.98. The van der Waals surface area contributed by atoms with E-state index in [-0.39, 0.29) is 43.9 Å². The summed E-state index contributed by atoms with van der Waals surface area (Å²) in [6, 6.07) is 16.2. The number of aliphatic hydroxyl groups is 1. The molecule has 0 heterocycles. The average molecular weight is 440 g/mol. The highest BCUT2D eigenvalue weighted by molar-refractivity contribution is 5.79. The average Bonchev–Trinajstić information content (AvgIpc) is 3.11. The van der Waals surface area contributed by atoms with E-state index in [0.717, 1.165) is 22.3 Å². The minimum Gasteiger partial charge on any atom is -0.479 e. The summed E-state index contributed by atoms with van der Waals surface area (Å²) >= 11 is 0. The lowest BCUT2D eigenvalue weighted by atomic mass is 9.98. The van der Waals surface area contributed by atoms with Crippen molar-refractivity contribution in [3.63, 3.8) is 0 Å². The fourth-order valence-electron chi connectivity index (χ4n) is 3.80. The number of aliphatic carboxylic acids is 1. The zero-order valence-corrected chi connectivity index (χ0v) is 17.9. The number of rotatable bonds is 10. The zero-order valence-electron chi connectivity index (χ0n) is 17.9. The number of benzene rings is 2. The third-order valence-electron chi connectivity index (χ3n) is 5.64. The van der Waals surface area contributed by atoms with Crippen molar-refractivity contribution >= 4 is 18.0 Å². The molecule has 8 nitrogen and oxygen atoms in total. The highest BCUT2D eigenvalue weighted by atomic mass is 16.5. The molecule has 0 spiro atoms. The summed E-state index contributed by atoms with van der Waals surface area (Å²) in [7, 11) is 0. The maximum atomic E-state index is 12.2. The number of carboxylic acid groups (broad SMARTS) is 1. The van der Waals surface area contributed by atoms with E-state index in [1.807, 2.05) is 24.3 Å². The third kappa shape index (κ3) is 5.64. The number of hydrogen-bond acceptors (Lipinski definition) is 5. The van der Waals surface area contributed by atoms with Gasteiger partial charge in [0.25, 0.3) is 0 Å². The lowest BCUT2D eigenvalue weighted by Gasteiger charge is -2.16. The van der Waals surface area contributed by atoms with Crippen molar-refractivity contribution in [3.8, 4) is 11.1 Å². The predicted octanol–water partition coefficient (Wildman–Crippen LogP) is 2.50. The van der Waals surface area contributed by atoms with Crippen LogP contribution in [0.15, 0.2) is 48.5 Å². The largest absolute Gasteiger partial charge is 0.479 e. The van der Waals surface area contributed by atoms with Crippen LogP contribution in [0.5, 0.6) is 0 Å². The fraction of sp³-hybridized carbons (Fsp3) is 0.375. The molecule has 2 amide bonds. The van der Waals surface area contributed by atoms with Crippen LogP contribution in [-0.4, -0.2) is 54.0 Å². The molecule has 8 heteroatoms. The molecule has 170 valence electrons. The summed E-state index contributed by atoms with van der Waals surface area (Å²) < 4.78 is 5.46. The lowest BCUT2D eigenvalue weighted by molar-refractivity contribution is -0.147. The number of amides is 2. The number of alkyl carbamates (subject to hydrolysis) is 1. The standard InChI is InChI=1S/C24H28N2O6/c1-15(22(28)25-13-11-21(27)23(29)30)10-12-26-24(31)32-14-20-18-8-4-2-6-16(18)17-7-3-5-9-19(17)20/h2-9,15,20-21,27H,10-14H2,1H3,(H,25,28)(H,26,31)(H,29,30). The summed E-state index contributed by atoms with van der Waals surface area (Å²) in [6.45, 7) is 2.27. The minimum atomic E-state index is -1.50. The number of ether oxygens (including phenoxy) is 1. The van der Waals surface area contributed by atoms with Gasteiger partial charge in [-0.25, -0.2) is 9.59 Å². The molecule has 0 aromatic heterocycles. The van der Waals surface area contributed by atoms with Crippen LogP contribution in [0.4, 0.5) is 4.79 Å². The van der Waals surface area contributed by atoms with E-state index in [0.29, 0.717) is 6.42 Å². The van der Waals surface area contributed by atoms with E-state index in [1.165, 1.54) is 0 Å².